The zero-order valence-electron chi connectivity index (χ0n) is 9.68. The molecule has 1 aromatic rings. The van der Waals surface area contributed by atoms with E-state index in [1.807, 2.05) is 0 Å². The first-order valence-electron chi connectivity index (χ1n) is 5.02. The molecule has 0 unspecified atom stereocenters. The second-order valence-electron chi connectivity index (χ2n) is 3.57. The second kappa shape index (κ2) is 6.68. The lowest BCUT2D eigenvalue weighted by atomic mass is 10.2. The van der Waals surface area contributed by atoms with Crippen LogP contribution in [0.15, 0.2) is 12.1 Å². The monoisotopic (exact) mass is 311 g/mol. The Hall–Kier alpha value is -1.40. The van der Waals surface area contributed by atoms with Gasteiger partial charge in [0.25, 0.3) is 0 Å². The van der Waals surface area contributed by atoms with Crippen molar-refractivity contribution in [2.24, 2.45) is 0 Å². The van der Waals surface area contributed by atoms with Gasteiger partial charge in [-0.25, -0.2) is 0 Å². The summed E-state index contributed by atoms with van der Waals surface area (Å²) in [5, 5.41) is 2.01. The molecule has 0 saturated heterocycles. The molecule has 0 radical (unpaired) electrons. The van der Waals surface area contributed by atoms with Gasteiger partial charge in [-0.15, -0.1) is 0 Å². The fraction of sp³-hybridized carbons (Fsp3) is 0.273. The van der Waals surface area contributed by atoms with Crippen molar-refractivity contribution in [1.82, 2.24) is 0 Å². The number of benzene rings is 1. The Balaban J connectivity index is 2.88. The van der Waals surface area contributed by atoms with Crippen LogP contribution in [-0.4, -0.2) is 18.3 Å². The Morgan fingerprint density at radius 2 is 1.84 bits per heavy atom. The van der Waals surface area contributed by atoms with E-state index in [1.54, 1.807) is 0 Å². The van der Waals surface area contributed by atoms with Gasteiger partial charge in [0.1, 0.15) is 5.78 Å². The zero-order valence-corrected chi connectivity index (χ0v) is 11.2. The van der Waals surface area contributed by atoms with E-state index in [0.717, 1.165) is 0 Å². The number of Topliss-reactive ketones (excluding diaryl/α,β-unsaturated/α-hetero) is 1. The molecule has 0 aliphatic heterocycles. The van der Waals surface area contributed by atoms with E-state index in [9.17, 15) is 18.4 Å². The molecule has 104 valence electrons. The molecule has 0 atom stereocenters. The fourth-order valence-corrected chi connectivity index (χ4v) is 1.84. The van der Waals surface area contributed by atoms with Crippen molar-refractivity contribution in [2.45, 2.75) is 20.0 Å². The number of carbonyl (C=O) groups is 2. The molecule has 0 spiro atoms. The number of hydrogen-bond acceptors (Lipinski definition) is 3. The molecule has 0 aromatic heterocycles. The summed E-state index contributed by atoms with van der Waals surface area (Å²) in [5.74, 6) is -1.24. The number of halogens is 4. The number of ketones is 1. The summed E-state index contributed by atoms with van der Waals surface area (Å²) in [7, 11) is 0. The number of amides is 1. The molecule has 1 rings (SSSR count). The van der Waals surface area contributed by atoms with Crippen molar-refractivity contribution >= 4 is 40.6 Å². The molecule has 1 N–H and O–H groups in total. The van der Waals surface area contributed by atoms with Crippen molar-refractivity contribution in [2.75, 3.05) is 5.32 Å². The Morgan fingerprint density at radius 1 is 1.32 bits per heavy atom. The summed E-state index contributed by atoms with van der Waals surface area (Å²) < 4.78 is 28.3. The highest BCUT2D eigenvalue weighted by molar-refractivity contribution is 6.37. The Kier molecular flexibility index (Phi) is 5.50. The maximum atomic E-state index is 12.1. The third-order valence-electron chi connectivity index (χ3n) is 1.90. The highest BCUT2D eigenvalue weighted by atomic mass is 35.5. The van der Waals surface area contributed by atoms with Crippen LogP contribution in [-0.2, 0) is 9.59 Å². The van der Waals surface area contributed by atoms with Gasteiger partial charge in [0, 0.05) is 5.69 Å². The van der Waals surface area contributed by atoms with Crippen LogP contribution in [0.25, 0.3) is 0 Å². The predicted molar refractivity (Wildman–Crippen MR) is 67.0 cm³/mol. The van der Waals surface area contributed by atoms with Gasteiger partial charge < -0.3 is 10.1 Å². The van der Waals surface area contributed by atoms with Crippen molar-refractivity contribution in [3.8, 4) is 5.75 Å². The number of nitrogens with one attached hydrogen (secondary N) is 1. The summed E-state index contributed by atoms with van der Waals surface area (Å²) in [6, 6.07) is 2.40. The van der Waals surface area contributed by atoms with Crippen LogP contribution >= 0.6 is 23.2 Å². The van der Waals surface area contributed by atoms with Crippen LogP contribution in [0.4, 0.5) is 14.5 Å². The lowest BCUT2D eigenvalue weighted by Crippen LogP contribution is -2.14. The van der Waals surface area contributed by atoms with E-state index < -0.39 is 12.5 Å². The molecular weight excluding hydrogens is 303 g/mol. The summed E-state index contributed by atoms with van der Waals surface area (Å²) in [6.07, 6.45) is -0.301. The third-order valence-corrected chi connectivity index (χ3v) is 2.46. The molecule has 1 amide bonds. The maximum Gasteiger partial charge on any atom is 0.387 e. The molecule has 19 heavy (non-hydrogen) atoms. The highest BCUT2D eigenvalue weighted by Gasteiger charge is 2.15. The molecule has 0 heterocycles. The Labute approximate surface area is 117 Å². The van der Waals surface area contributed by atoms with Gasteiger partial charge in [0.05, 0.1) is 16.5 Å². The summed E-state index contributed by atoms with van der Waals surface area (Å²) in [4.78, 5) is 22.1. The quantitative estimate of drug-likeness (QED) is 0.847. The van der Waals surface area contributed by atoms with Crippen LogP contribution < -0.4 is 10.1 Å². The number of ether oxygens (including phenoxy) is 1. The summed E-state index contributed by atoms with van der Waals surface area (Å²) in [5.41, 5.74) is 0.183. The van der Waals surface area contributed by atoms with E-state index in [-0.39, 0.29) is 33.7 Å². The van der Waals surface area contributed by atoms with Gasteiger partial charge in [-0.05, 0) is 19.1 Å². The van der Waals surface area contributed by atoms with E-state index in [1.165, 1.54) is 19.1 Å². The van der Waals surface area contributed by atoms with E-state index >= 15 is 0 Å². The smallest absolute Gasteiger partial charge is 0.387 e. The van der Waals surface area contributed by atoms with E-state index in [0.29, 0.717) is 0 Å². The minimum absolute atomic E-state index is 0.175. The van der Waals surface area contributed by atoms with Crippen LogP contribution in [0.3, 0.4) is 0 Å². The largest absolute Gasteiger partial charge is 0.432 e. The average Bonchev–Trinajstić information content (AvgIpc) is 2.21. The van der Waals surface area contributed by atoms with Gasteiger partial charge in [0.2, 0.25) is 5.91 Å². The minimum Gasteiger partial charge on any atom is -0.432 e. The van der Waals surface area contributed by atoms with Gasteiger partial charge in [-0.1, -0.05) is 23.2 Å². The van der Waals surface area contributed by atoms with Crippen molar-refractivity contribution in [3.63, 3.8) is 0 Å². The summed E-state index contributed by atoms with van der Waals surface area (Å²) >= 11 is 11.4. The number of anilines is 1. The molecule has 0 aliphatic carbocycles. The highest BCUT2D eigenvalue weighted by Crippen LogP contribution is 2.36. The van der Waals surface area contributed by atoms with E-state index in [4.69, 9.17) is 23.2 Å². The number of alkyl halides is 2. The van der Waals surface area contributed by atoms with Crippen LogP contribution in [0, 0.1) is 0 Å². The van der Waals surface area contributed by atoms with Crippen LogP contribution in [0.5, 0.6) is 5.75 Å². The molecule has 0 aliphatic rings. The molecule has 0 bridgehead atoms. The Morgan fingerprint density at radius 3 is 2.26 bits per heavy atom. The predicted octanol–water partition coefficient (Wildman–Crippen LogP) is 3.51. The van der Waals surface area contributed by atoms with Gasteiger partial charge in [0.15, 0.2) is 5.75 Å². The maximum absolute atomic E-state index is 12.1. The molecule has 8 heteroatoms. The topological polar surface area (TPSA) is 55.4 Å². The Bertz CT molecular complexity index is 486. The first kappa shape index (κ1) is 15.7. The molecule has 0 fully saturated rings. The summed E-state index contributed by atoms with van der Waals surface area (Å²) in [6.45, 7) is -1.80. The van der Waals surface area contributed by atoms with Crippen molar-refractivity contribution in [1.29, 1.82) is 0 Å². The first-order chi connectivity index (χ1) is 8.79. The third kappa shape index (κ3) is 5.00. The lowest BCUT2D eigenvalue weighted by Gasteiger charge is -2.11. The average molecular weight is 312 g/mol. The zero-order chi connectivity index (χ0) is 14.6. The van der Waals surface area contributed by atoms with Gasteiger partial charge in [-0.3, -0.25) is 9.59 Å². The molecule has 4 nitrogen and oxygen atoms in total. The van der Waals surface area contributed by atoms with Gasteiger partial charge >= 0.3 is 6.61 Å². The number of carbonyl (C=O) groups excluding carboxylic acids is 2. The van der Waals surface area contributed by atoms with Gasteiger partial charge in [-0.2, -0.15) is 8.78 Å². The molecular formula is C11H9Cl2F2NO3. The number of rotatable bonds is 5. The minimum atomic E-state index is -3.06. The normalized spacial score (nSPS) is 10.4. The van der Waals surface area contributed by atoms with Crippen molar-refractivity contribution in [3.05, 3.63) is 22.2 Å². The number of hydrogen-bond donors (Lipinski definition) is 1. The standard InChI is InChI=1S/C11H9Cl2F2NO3/c1-5(17)2-9(18)16-6-3-7(12)10(8(13)4-6)19-11(14)15/h3-4,11H,2H2,1H3,(H,16,18). The molecule has 1 aromatic carbocycles. The van der Waals surface area contributed by atoms with Crippen molar-refractivity contribution < 1.29 is 23.1 Å². The second-order valence-corrected chi connectivity index (χ2v) is 4.39. The fourth-order valence-electron chi connectivity index (χ4n) is 1.27. The SMILES string of the molecule is CC(=O)CC(=O)Nc1cc(Cl)c(OC(F)F)c(Cl)c1. The van der Waals surface area contributed by atoms with E-state index in [2.05, 4.69) is 10.1 Å². The molecule has 0 saturated carbocycles. The van der Waals surface area contributed by atoms with Crippen LogP contribution in [0.1, 0.15) is 13.3 Å². The first-order valence-corrected chi connectivity index (χ1v) is 5.78. The van der Waals surface area contributed by atoms with Crippen LogP contribution in [0.2, 0.25) is 10.0 Å². The lowest BCUT2D eigenvalue weighted by molar-refractivity contribution is -0.124.